The first kappa shape index (κ1) is 18.4. The summed E-state index contributed by atoms with van der Waals surface area (Å²) >= 11 is 0. The van der Waals surface area contributed by atoms with Crippen LogP contribution < -0.4 is 5.32 Å². The van der Waals surface area contributed by atoms with Crippen molar-refractivity contribution in [3.8, 4) is 0 Å². The molecule has 0 fully saturated rings. The number of carbonyl (C=O) groups excluding carboxylic acids is 3. The molecule has 0 unspecified atom stereocenters. The zero-order valence-electron chi connectivity index (χ0n) is 14.3. The van der Waals surface area contributed by atoms with E-state index in [1.165, 1.54) is 14.2 Å². The summed E-state index contributed by atoms with van der Waals surface area (Å²) in [7, 11) is 2.49. The number of methoxy groups -OCH3 is 2. The van der Waals surface area contributed by atoms with Crippen molar-refractivity contribution in [3.63, 3.8) is 0 Å². The molecule has 25 heavy (non-hydrogen) atoms. The molecule has 1 heterocycles. The second-order valence-corrected chi connectivity index (χ2v) is 5.61. The Morgan fingerprint density at radius 1 is 1.12 bits per heavy atom. The van der Waals surface area contributed by atoms with E-state index in [2.05, 4.69) is 15.0 Å². The molecule has 0 aliphatic rings. The first-order valence-electron chi connectivity index (χ1n) is 7.77. The lowest BCUT2D eigenvalue weighted by Gasteiger charge is -2.22. The molecule has 7 nitrogen and oxygen atoms in total. The number of nitrogens with one attached hydrogen (secondary N) is 1. The molecule has 0 aliphatic carbocycles. The van der Waals surface area contributed by atoms with E-state index in [1.807, 2.05) is 12.1 Å². The number of para-hydroxylation sites is 1. The van der Waals surface area contributed by atoms with Crippen LogP contribution in [0.3, 0.4) is 0 Å². The molecule has 7 heteroatoms. The lowest BCUT2D eigenvalue weighted by molar-refractivity contribution is -0.146. The van der Waals surface area contributed by atoms with Crippen molar-refractivity contribution in [3.05, 3.63) is 42.1 Å². The summed E-state index contributed by atoms with van der Waals surface area (Å²) in [6.07, 6.45) is 1.57. The Balaban J connectivity index is 2.26. The van der Waals surface area contributed by atoms with Gasteiger partial charge in [-0.15, -0.1) is 0 Å². The number of carbonyl (C=O) groups is 3. The number of fused-ring (bicyclic) bond motifs is 1. The lowest BCUT2D eigenvalue weighted by atomic mass is 9.97. The zero-order valence-corrected chi connectivity index (χ0v) is 14.3. The summed E-state index contributed by atoms with van der Waals surface area (Å²) in [6, 6.07) is 7.86. The highest BCUT2D eigenvalue weighted by molar-refractivity contribution is 6.06. The van der Waals surface area contributed by atoms with E-state index in [4.69, 9.17) is 4.74 Å². The molecule has 2 aromatic rings. The molecular formula is C18H20N2O5. The van der Waals surface area contributed by atoms with E-state index in [9.17, 15) is 14.4 Å². The predicted octanol–water partition coefficient (Wildman–Crippen LogP) is 1.71. The highest BCUT2D eigenvalue weighted by Gasteiger charge is 2.30. The topological polar surface area (TPSA) is 94.6 Å². The molecular weight excluding hydrogens is 324 g/mol. The fourth-order valence-corrected chi connectivity index (χ4v) is 2.53. The Morgan fingerprint density at radius 3 is 2.52 bits per heavy atom. The quantitative estimate of drug-likeness (QED) is 0.802. The van der Waals surface area contributed by atoms with Gasteiger partial charge in [0.15, 0.2) is 0 Å². The Bertz CT molecular complexity index is 785. The molecule has 2 atom stereocenters. The third-order valence-electron chi connectivity index (χ3n) is 3.90. The minimum atomic E-state index is -0.976. The van der Waals surface area contributed by atoms with Gasteiger partial charge in [0.25, 0.3) is 5.91 Å². The second-order valence-electron chi connectivity index (χ2n) is 5.61. The number of hydrogen-bond acceptors (Lipinski definition) is 6. The van der Waals surface area contributed by atoms with Crippen molar-refractivity contribution < 1.29 is 23.9 Å². The van der Waals surface area contributed by atoms with Crippen LogP contribution >= 0.6 is 0 Å². The number of pyridine rings is 1. The van der Waals surface area contributed by atoms with Gasteiger partial charge in [0.05, 0.1) is 31.7 Å². The van der Waals surface area contributed by atoms with E-state index in [0.29, 0.717) is 11.1 Å². The molecule has 1 aromatic carbocycles. The van der Waals surface area contributed by atoms with Crippen LogP contribution in [0, 0.1) is 5.92 Å². The van der Waals surface area contributed by atoms with Crippen molar-refractivity contribution in [2.75, 3.05) is 14.2 Å². The monoisotopic (exact) mass is 344 g/mol. The van der Waals surface area contributed by atoms with Gasteiger partial charge in [-0.05, 0) is 18.1 Å². The van der Waals surface area contributed by atoms with Crippen molar-refractivity contribution in [2.24, 2.45) is 5.92 Å². The number of nitrogens with zero attached hydrogens (tertiary/aromatic N) is 1. The molecule has 1 amide bonds. The molecule has 0 radical (unpaired) electrons. The molecule has 1 N–H and O–H groups in total. The largest absolute Gasteiger partial charge is 0.469 e. The van der Waals surface area contributed by atoms with Crippen LogP contribution in [0.4, 0.5) is 0 Å². The third-order valence-corrected chi connectivity index (χ3v) is 3.90. The van der Waals surface area contributed by atoms with E-state index in [-0.39, 0.29) is 6.42 Å². The first-order valence-corrected chi connectivity index (χ1v) is 7.77. The minimum Gasteiger partial charge on any atom is -0.469 e. The summed E-state index contributed by atoms with van der Waals surface area (Å²) < 4.78 is 9.37. The van der Waals surface area contributed by atoms with Crippen LogP contribution in [0.2, 0.25) is 0 Å². The summed E-state index contributed by atoms with van der Waals surface area (Å²) in [6.45, 7) is 1.67. The molecule has 0 saturated heterocycles. The fraction of sp³-hybridized carbons (Fsp3) is 0.333. The number of hydrogen-bond donors (Lipinski definition) is 1. The summed E-state index contributed by atoms with van der Waals surface area (Å²) in [4.78, 5) is 40.4. The lowest BCUT2D eigenvalue weighted by Crippen LogP contribution is -2.46. The fourth-order valence-electron chi connectivity index (χ4n) is 2.53. The maximum atomic E-state index is 12.7. The minimum absolute atomic E-state index is 0.0235. The van der Waals surface area contributed by atoms with Gasteiger partial charge in [0.2, 0.25) is 0 Å². The van der Waals surface area contributed by atoms with Crippen LogP contribution in [-0.2, 0) is 19.1 Å². The Morgan fingerprint density at radius 2 is 1.84 bits per heavy atom. The van der Waals surface area contributed by atoms with Crippen LogP contribution in [0.25, 0.3) is 10.9 Å². The van der Waals surface area contributed by atoms with Crippen molar-refractivity contribution in [1.29, 1.82) is 0 Å². The second kappa shape index (κ2) is 8.23. The van der Waals surface area contributed by atoms with Crippen molar-refractivity contribution in [1.82, 2.24) is 10.3 Å². The summed E-state index contributed by atoms with van der Waals surface area (Å²) in [5.74, 6) is -2.05. The highest BCUT2D eigenvalue weighted by atomic mass is 16.5. The highest BCUT2D eigenvalue weighted by Crippen LogP contribution is 2.17. The first-order chi connectivity index (χ1) is 12.0. The van der Waals surface area contributed by atoms with Crippen molar-refractivity contribution in [2.45, 2.75) is 19.4 Å². The molecule has 132 valence electrons. The Labute approximate surface area is 145 Å². The molecule has 2 rings (SSSR count). The van der Waals surface area contributed by atoms with Gasteiger partial charge in [-0.25, -0.2) is 4.79 Å². The number of amides is 1. The van der Waals surface area contributed by atoms with E-state index in [1.54, 1.807) is 31.3 Å². The summed E-state index contributed by atoms with van der Waals surface area (Å²) in [5.41, 5.74) is 0.879. The van der Waals surface area contributed by atoms with E-state index in [0.717, 1.165) is 5.39 Å². The predicted molar refractivity (Wildman–Crippen MR) is 90.8 cm³/mol. The number of ether oxygens (including phenoxy) is 2. The Hall–Kier alpha value is -2.96. The van der Waals surface area contributed by atoms with Gasteiger partial charge < -0.3 is 14.8 Å². The van der Waals surface area contributed by atoms with E-state index < -0.39 is 29.8 Å². The van der Waals surface area contributed by atoms with Gasteiger partial charge in [0, 0.05) is 11.6 Å². The zero-order chi connectivity index (χ0) is 18.4. The summed E-state index contributed by atoms with van der Waals surface area (Å²) in [5, 5.41) is 3.46. The van der Waals surface area contributed by atoms with Crippen LogP contribution in [0.1, 0.15) is 23.7 Å². The smallest absolute Gasteiger partial charge is 0.328 e. The average molecular weight is 344 g/mol. The van der Waals surface area contributed by atoms with Gasteiger partial charge in [-0.3, -0.25) is 14.6 Å². The average Bonchev–Trinajstić information content (AvgIpc) is 2.64. The number of rotatable bonds is 6. The van der Waals surface area contributed by atoms with Crippen molar-refractivity contribution >= 4 is 28.7 Å². The third kappa shape index (κ3) is 4.32. The normalized spacial score (nSPS) is 12.9. The van der Waals surface area contributed by atoms with Crippen LogP contribution in [0.15, 0.2) is 36.5 Å². The molecule has 0 aliphatic heterocycles. The van der Waals surface area contributed by atoms with Gasteiger partial charge in [-0.1, -0.05) is 25.1 Å². The van der Waals surface area contributed by atoms with E-state index >= 15 is 0 Å². The van der Waals surface area contributed by atoms with Crippen LogP contribution in [-0.4, -0.2) is 43.1 Å². The molecule has 0 saturated carbocycles. The Kier molecular flexibility index (Phi) is 6.05. The number of benzene rings is 1. The molecule has 0 spiro atoms. The maximum Gasteiger partial charge on any atom is 0.328 e. The standard InChI is InChI=1S/C18H20N2O5/c1-11(10-14(21)24-2)15(18(23)25-3)20-17(22)13-8-4-6-12-7-5-9-19-16(12)13/h4-9,11,15H,10H2,1-3H3,(H,20,22)/t11-,15+/m1/s1. The van der Waals surface area contributed by atoms with Gasteiger partial charge in [-0.2, -0.15) is 0 Å². The maximum absolute atomic E-state index is 12.7. The number of aromatic nitrogens is 1. The van der Waals surface area contributed by atoms with Gasteiger partial charge in [0.1, 0.15) is 6.04 Å². The molecule has 0 bridgehead atoms. The SMILES string of the molecule is COC(=O)C[C@@H](C)[C@H](NC(=O)c1cccc2cccnc12)C(=O)OC. The molecule has 1 aromatic heterocycles. The van der Waals surface area contributed by atoms with Gasteiger partial charge >= 0.3 is 11.9 Å². The van der Waals surface area contributed by atoms with Crippen LogP contribution in [0.5, 0.6) is 0 Å². The number of esters is 2.